The number of ketones is 1. The van der Waals surface area contributed by atoms with Gasteiger partial charge in [0.15, 0.2) is 5.78 Å². The van der Waals surface area contributed by atoms with Crippen molar-refractivity contribution in [3.8, 4) is 0 Å². The zero-order chi connectivity index (χ0) is 12.4. The highest BCUT2D eigenvalue weighted by molar-refractivity contribution is 7.14. The number of hydrogen-bond acceptors (Lipinski definition) is 2. The van der Waals surface area contributed by atoms with Crippen LogP contribution in [0.3, 0.4) is 0 Å². The molecule has 2 rings (SSSR count). The summed E-state index contributed by atoms with van der Waals surface area (Å²) in [4.78, 5) is 14.6. The quantitative estimate of drug-likeness (QED) is 0.707. The summed E-state index contributed by atoms with van der Waals surface area (Å²) in [6.45, 7) is 6.46. The van der Waals surface area contributed by atoms with Gasteiger partial charge in [0.25, 0.3) is 0 Å². The number of carbonyl (C=O) groups excluding carboxylic acids is 1. The molecule has 0 aromatic carbocycles. The maximum absolute atomic E-state index is 12.4. The number of carbonyl (C=O) groups is 1. The summed E-state index contributed by atoms with van der Waals surface area (Å²) in [5.41, 5.74) is 1.26. The average Bonchev–Trinajstić information content (AvgIpc) is 2.69. The van der Waals surface area contributed by atoms with E-state index in [1.165, 1.54) is 29.7 Å². The van der Waals surface area contributed by atoms with Gasteiger partial charge in [-0.15, -0.1) is 11.3 Å². The van der Waals surface area contributed by atoms with Gasteiger partial charge < -0.3 is 0 Å². The van der Waals surface area contributed by atoms with Crippen molar-refractivity contribution in [2.75, 3.05) is 0 Å². The van der Waals surface area contributed by atoms with Crippen LogP contribution in [-0.4, -0.2) is 5.78 Å². The van der Waals surface area contributed by atoms with Gasteiger partial charge >= 0.3 is 0 Å². The third-order valence-electron chi connectivity index (χ3n) is 4.20. The molecule has 1 nitrogen and oxygen atoms in total. The third-order valence-corrected chi connectivity index (χ3v) is 5.37. The molecule has 1 heterocycles. The molecule has 0 unspecified atom stereocenters. The third kappa shape index (κ3) is 2.79. The summed E-state index contributed by atoms with van der Waals surface area (Å²) in [6.07, 6.45) is 5.98. The molecule has 0 aliphatic heterocycles. The van der Waals surface area contributed by atoms with Crippen molar-refractivity contribution in [3.63, 3.8) is 0 Å². The number of thiophene rings is 1. The van der Waals surface area contributed by atoms with Crippen LogP contribution in [-0.2, 0) is 0 Å². The molecular formula is C15H22OS. The first-order valence-electron chi connectivity index (χ1n) is 6.73. The van der Waals surface area contributed by atoms with E-state index in [0.29, 0.717) is 11.7 Å². The van der Waals surface area contributed by atoms with Crippen LogP contribution in [0.2, 0.25) is 0 Å². The van der Waals surface area contributed by atoms with Gasteiger partial charge in [-0.25, -0.2) is 0 Å². The zero-order valence-corrected chi connectivity index (χ0v) is 11.9. The molecule has 0 spiro atoms. The molecule has 94 valence electrons. The molecule has 2 heteroatoms. The minimum atomic E-state index is 0.301. The Morgan fingerprint density at radius 1 is 1.29 bits per heavy atom. The van der Waals surface area contributed by atoms with Gasteiger partial charge in [-0.2, -0.15) is 0 Å². The van der Waals surface area contributed by atoms with Crippen molar-refractivity contribution in [1.82, 2.24) is 0 Å². The SMILES string of the molecule is CCC1CCC(C(=O)c2cc(C)c(C)s2)CC1. The maximum atomic E-state index is 12.4. The second-order valence-corrected chi connectivity index (χ2v) is 6.60. The van der Waals surface area contributed by atoms with Crippen LogP contribution in [0.5, 0.6) is 0 Å². The normalized spacial score (nSPS) is 24.9. The summed E-state index contributed by atoms with van der Waals surface area (Å²) < 4.78 is 0. The molecule has 1 saturated carbocycles. The van der Waals surface area contributed by atoms with Crippen LogP contribution < -0.4 is 0 Å². The van der Waals surface area contributed by atoms with Crippen LogP contribution in [0.25, 0.3) is 0 Å². The van der Waals surface area contributed by atoms with Gasteiger partial charge in [-0.3, -0.25) is 4.79 Å². The fraction of sp³-hybridized carbons (Fsp3) is 0.667. The Morgan fingerprint density at radius 3 is 2.41 bits per heavy atom. The zero-order valence-electron chi connectivity index (χ0n) is 11.1. The fourth-order valence-electron chi connectivity index (χ4n) is 2.73. The summed E-state index contributed by atoms with van der Waals surface area (Å²) in [5, 5.41) is 0. The van der Waals surface area contributed by atoms with Crippen LogP contribution in [0.15, 0.2) is 6.07 Å². The lowest BCUT2D eigenvalue weighted by atomic mass is 9.79. The molecule has 0 amide bonds. The van der Waals surface area contributed by atoms with Crippen molar-refractivity contribution in [3.05, 3.63) is 21.4 Å². The van der Waals surface area contributed by atoms with Crippen LogP contribution in [0, 0.1) is 25.7 Å². The predicted octanol–water partition coefficient (Wildman–Crippen LogP) is 4.76. The van der Waals surface area contributed by atoms with E-state index < -0.39 is 0 Å². The minimum absolute atomic E-state index is 0.301. The molecule has 1 aromatic rings. The lowest BCUT2D eigenvalue weighted by Gasteiger charge is -2.26. The van der Waals surface area contributed by atoms with E-state index in [0.717, 1.165) is 23.6 Å². The highest BCUT2D eigenvalue weighted by Crippen LogP contribution is 2.34. The molecular weight excluding hydrogens is 228 g/mol. The van der Waals surface area contributed by atoms with Gasteiger partial charge in [0.05, 0.1) is 4.88 Å². The Balaban J connectivity index is 2.01. The van der Waals surface area contributed by atoms with Crippen LogP contribution >= 0.6 is 11.3 Å². The highest BCUT2D eigenvalue weighted by atomic mass is 32.1. The highest BCUT2D eigenvalue weighted by Gasteiger charge is 2.27. The van der Waals surface area contributed by atoms with E-state index in [4.69, 9.17) is 0 Å². The molecule has 0 bridgehead atoms. The lowest BCUT2D eigenvalue weighted by Crippen LogP contribution is -2.21. The van der Waals surface area contributed by atoms with E-state index in [1.54, 1.807) is 11.3 Å². The van der Waals surface area contributed by atoms with Crippen molar-refractivity contribution < 1.29 is 4.79 Å². The van der Waals surface area contributed by atoms with Gasteiger partial charge in [0, 0.05) is 10.8 Å². The topological polar surface area (TPSA) is 17.1 Å². The fourth-order valence-corrected chi connectivity index (χ4v) is 3.78. The Morgan fingerprint density at radius 2 is 1.94 bits per heavy atom. The van der Waals surface area contributed by atoms with Crippen molar-refractivity contribution in [2.24, 2.45) is 11.8 Å². The van der Waals surface area contributed by atoms with E-state index in [2.05, 4.69) is 26.8 Å². The van der Waals surface area contributed by atoms with E-state index >= 15 is 0 Å². The Kier molecular flexibility index (Phi) is 4.03. The Hall–Kier alpha value is -0.630. The molecule has 1 aliphatic carbocycles. The molecule has 1 aromatic heterocycles. The van der Waals surface area contributed by atoms with Crippen LogP contribution in [0.1, 0.15) is 59.1 Å². The van der Waals surface area contributed by atoms with Crippen molar-refractivity contribution in [1.29, 1.82) is 0 Å². The van der Waals surface area contributed by atoms with Gasteiger partial charge in [0.2, 0.25) is 0 Å². The Bertz CT molecular complexity index is 378. The van der Waals surface area contributed by atoms with E-state index in [1.807, 2.05) is 0 Å². The van der Waals surface area contributed by atoms with Gasteiger partial charge in [-0.05, 0) is 57.1 Å². The standard InChI is InChI=1S/C15H22OS/c1-4-12-5-7-13(8-6-12)15(16)14-9-10(2)11(3)17-14/h9,12-13H,4-8H2,1-3H3. The monoisotopic (exact) mass is 250 g/mol. The maximum Gasteiger partial charge on any atom is 0.175 e. The summed E-state index contributed by atoms with van der Waals surface area (Å²) >= 11 is 1.67. The number of aryl methyl sites for hydroxylation is 2. The average molecular weight is 250 g/mol. The first-order valence-corrected chi connectivity index (χ1v) is 7.54. The van der Waals surface area contributed by atoms with Crippen molar-refractivity contribution >= 4 is 17.1 Å². The summed E-state index contributed by atoms with van der Waals surface area (Å²) in [7, 11) is 0. The largest absolute Gasteiger partial charge is 0.293 e. The number of Topliss-reactive ketones (excluding diaryl/α,β-unsaturated/α-hetero) is 1. The summed E-state index contributed by atoms with van der Waals surface area (Å²) in [6, 6.07) is 2.08. The molecule has 0 radical (unpaired) electrons. The second-order valence-electron chi connectivity index (χ2n) is 5.34. The first-order chi connectivity index (χ1) is 8.11. The van der Waals surface area contributed by atoms with E-state index in [9.17, 15) is 4.79 Å². The van der Waals surface area contributed by atoms with Gasteiger partial charge in [-0.1, -0.05) is 13.3 Å². The minimum Gasteiger partial charge on any atom is -0.293 e. The van der Waals surface area contributed by atoms with Gasteiger partial charge in [0.1, 0.15) is 0 Å². The van der Waals surface area contributed by atoms with E-state index in [-0.39, 0.29) is 0 Å². The molecule has 0 N–H and O–H groups in total. The molecule has 17 heavy (non-hydrogen) atoms. The second kappa shape index (κ2) is 5.34. The lowest BCUT2D eigenvalue weighted by molar-refractivity contribution is 0.0875. The van der Waals surface area contributed by atoms with Crippen molar-refractivity contribution in [2.45, 2.75) is 52.9 Å². The molecule has 1 aliphatic rings. The smallest absolute Gasteiger partial charge is 0.175 e. The predicted molar refractivity (Wildman–Crippen MR) is 73.9 cm³/mol. The number of hydrogen-bond donors (Lipinski definition) is 0. The van der Waals surface area contributed by atoms with Crippen LogP contribution in [0.4, 0.5) is 0 Å². The number of rotatable bonds is 3. The molecule has 1 fully saturated rings. The Labute approximate surface area is 108 Å². The molecule has 0 saturated heterocycles. The molecule has 0 atom stereocenters. The first kappa shape index (κ1) is 12.8. The summed E-state index contributed by atoms with van der Waals surface area (Å²) in [5.74, 6) is 1.57.